The average molecular weight is 290 g/mol. The molecular weight excluding hydrogens is 275 g/mol. The molecule has 0 fully saturated rings. The van der Waals surface area contributed by atoms with Crippen molar-refractivity contribution in [1.82, 2.24) is 0 Å². The molecule has 0 heterocycles. The van der Waals surface area contributed by atoms with E-state index in [1.54, 1.807) is 31.0 Å². The van der Waals surface area contributed by atoms with Crippen molar-refractivity contribution in [3.8, 4) is 5.75 Å². The lowest BCUT2D eigenvalue weighted by Crippen LogP contribution is -2.12. The van der Waals surface area contributed by atoms with E-state index < -0.39 is 0 Å². The number of thioether (sulfide) groups is 1. The number of nitrogens with two attached hydrogens (primary N) is 1. The van der Waals surface area contributed by atoms with Crippen molar-refractivity contribution < 1.29 is 9.13 Å². The van der Waals surface area contributed by atoms with Gasteiger partial charge in [-0.2, -0.15) is 0 Å². The lowest BCUT2D eigenvalue weighted by Gasteiger charge is -2.09. The third-order valence-electron chi connectivity index (χ3n) is 2.76. The molecule has 2 aromatic rings. The summed E-state index contributed by atoms with van der Waals surface area (Å²) in [6.45, 7) is 0. The van der Waals surface area contributed by atoms with Crippen LogP contribution in [0.5, 0.6) is 5.75 Å². The maximum atomic E-state index is 13.1. The minimum Gasteiger partial charge on any atom is -0.496 e. The van der Waals surface area contributed by atoms with Gasteiger partial charge in [-0.05, 0) is 35.9 Å². The Balaban J connectivity index is 2.12. The highest BCUT2D eigenvalue weighted by Gasteiger charge is 2.07. The van der Waals surface area contributed by atoms with Crippen molar-refractivity contribution in [2.24, 2.45) is 5.73 Å². The first-order chi connectivity index (χ1) is 9.60. The van der Waals surface area contributed by atoms with E-state index in [1.807, 2.05) is 18.2 Å². The van der Waals surface area contributed by atoms with Gasteiger partial charge in [0, 0.05) is 10.6 Å². The lowest BCUT2D eigenvalue weighted by molar-refractivity contribution is 0.413. The van der Waals surface area contributed by atoms with Gasteiger partial charge in [-0.15, -0.1) is 11.8 Å². The van der Waals surface area contributed by atoms with E-state index in [9.17, 15) is 4.39 Å². The Kier molecular flexibility index (Phi) is 4.63. The molecule has 5 heteroatoms. The van der Waals surface area contributed by atoms with E-state index in [4.69, 9.17) is 15.9 Å². The van der Waals surface area contributed by atoms with E-state index in [0.717, 1.165) is 10.5 Å². The van der Waals surface area contributed by atoms with E-state index in [2.05, 4.69) is 0 Å². The molecule has 104 valence electrons. The minimum atomic E-state index is -0.237. The predicted molar refractivity (Wildman–Crippen MR) is 80.0 cm³/mol. The molecule has 0 aromatic heterocycles. The summed E-state index contributed by atoms with van der Waals surface area (Å²) >= 11 is 1.54. The molecule has 3 N–H and O–H groups in total. The third-order valence-corrected chi connectivity index (χ3v) is 3.82. The van der Waals surface area contributed by atoms with Crippen LogP contribution in [0.15, 0.2) is 47.4 Å². The first-order valence-corrected chi connectivity index (χ1v) is 6.98. The van der Waals surface area contributed by atoms with Gasteiger partial charge in [-0.25, -0.2) is 4.39 Å². The van der Waals surface area contributed by atoms with Gasteiger partial charge in [0.15, 0.2) is 0 Å². The molecule has 0 saturated carbocycles. The maximum absolute atomic E-state index is 13.1. The molecule has 2 rings (SSSR count). The Morgan fingerprint density at radius 3 is 2.75 bits per heavy atom. The maximum Gasteiger partial charge on any atom is 0.130 e. The van der Waals surface area contributed by atoms with Crippen molar-refractivity contribution in [3.63, 3.8) is 0 Å². The van der Waals surface area contributed by atoms with Gasteiger partial charge in [0.1, 0.15) is 17.4 Å². The van der Waals surface area contributed by atoms with Crippen LogP contribution >= 0.6 is 11.8 Å². The zero-order valence-corrected chi connectivity index (χ0v) is 11.8. The van der Waals surface area contributed by atoms with Gasteiger partial charge in [-0.1, -0.05) is 12.1 Å². The zero-order valence-electron chi connectivity index (χ0n) is 11.0. The summed E-state index contributed by atoms with van der Waals surface area (Å²) in [6.07, 6.45) is 0. The Bertz CT molecular complexity index is 631. The second-order valence-electron chi connectivity index (χ2n) is 4.19. The number of benzene rings is 2. The number of ether oxygens (including phenoxy) is 1. The largest absolute Gasteiger partial charge is 0.496 e. The Labute approximate surface area is 121 Å². The molecule has 0 atom stereocenters. The van der Waals surface area contributed by atoms with E-state index in [0.29, 0.717) is 17.1 Å². The van der Waals surface area contributed by atoms with Crippen LogP contribution in [-0.4, -0.2) is 12.9 Å². The summed E-state index contributed by atoms with van der Waals surface area (Å²) in [5.74, 6) is 1.01. The van der Waals surface area contributed by atoms with Gasteiger partial charge in [0.05, 0.1) is 12.7 Å². The standard InChI is InChI=1S/C15H15FN2OS/c1-19-14-7-10(5-6-13(14)15(17)18)9-20-12-4-2-3-11(16)8-12/h2-8H,9H2,1H3,(H3,17,18). The zero-order chi connectivity index (χ0) is 14.5. The summed E-state index contributed by atoms with van der Waals surface area (Å²) in [5.41, 5.74) is 7.08. The van der Waals surface area contributed by atoms with E-state index in [-0.39, 0.29) is 11.7 Å². The predicted octanol–water partition coefficient (Wildman–Crippen LogP) is 3.41. The summed E-state index contributed by atoms with van der Waals surface area (Å²) in [7, 11) is 1.55. The molecule has 0 amide bonds. The van der Waals surface area contributed by atoms with E-state index >= 15 is 0 Å². The van der Waals surface area contributed by atoms with Crippen LogP contribution < -0.4 is 10.5 Å². The van der Waals surface area contributed by atoms with E-state index in [1.165, 1.54) is 12.1 Å². The van der Waals surface area contributed by atoms with Gasteiger partial charge < -0.3 is 10.5 Å². The minimum absolute atomic E-state index is 0.0221. The summed E-state index contributed by atoms with van der Waals surface area (Å²) in [5, 5.41) is 7.46. The number of halogens is 1. The molecular formula is C15H15FN2OS. The molecule has 20 heavy (non-hydrogen) atoms. The molecule has 3 nitrogen and oxygen atoms in total. The topological polar surface area (TPSA) is 59.1 Å². The number of amidine groups is 1. The van der Waals surface area contributed by atoms with Crippen molar-refractivity contribution in [2.75, 3.05) is 7.11 Å². The summed E-state index contributed by atoms with van der Waals surface area (Å²) in [6, 6.07) is 12.0. The lowest BCUT2D eigenvalue weighted by atomic mass is 10.1. The molecule has 0 spiro atoms. The van der Waals surface area contributed by atoms with Gasteiger partial charge >= 0.3 is 0 Å². The number of hydrogen-bond donors (Lipinski definition) is 2. The fraction of sp³-hybridized carbons (Fsp3) is 0.133. The molecule has 0 bridgehead atoms. The molecule has 2 aromatic carbocycles. The number of nitrogen functional groups attached to an aromatic ring is 1. The third kappa shape index (κ3) is 3.51. The van der Waals surface area contributed by atoms with Crippen LogP contribution in [0.4, 0.5) is 4.39 Å². The van der Waals surface area contributed by atoms with Crippen LogP contribution in [-0.2, 0) is 5.75 Å². The van der Waals surface area contributed by atoms with Crippen LogP contribution in [0.25, 0.3) is 0 Å². The van der Waals surface area contributed by atoms with Crippen molar-refractivity contribution in [3.05, 3.63) is 59.4 Å². The number of nitrogens with one attached hydrogen (secondary N) is 1. The Morgan fingerprint density at radius 2 is 2.10 bits per heavy atom. The van der Waals surface area contributed by atoms with Gasteiger partial charge in [0.2, 0.25) is 0 Å². The number of methoxy groups -OCH3 is 1. The summed E-state index contributed by atoms with van der Waals surface area (Å²) < 4.78 is 18.3. The first-order valence-electron chi connectivity index (χ1n) is 6.00. The molecule has 0 radical (unpaired) electrons. The Hall–Kier alpha value is -2.01. The highest BCUT2D eigenvalue weighted by Crippen LogP contribution is 2.26. The second-order valence-corrected chi connectivity index (χ2v) is 5.24. The van der Waals surface area contributed by atoms with Crippen LogP contribution in [0.2, 0.25) is 0 Å². The number of hydrogen-bond acceptors (Lipinski definition) is 3. The second kappa shape index (κ2) is 6.43. The average Bonchev–Trinajstić information content (AvgIpc) is 2.44. The molecule has 0 aliphatic rings. The number of rotatable bonds is 5. The molecule has 0 aliphatic heterocycles. The highest BCUT2D eigenvalue weighted by atomic mass is 32.2. The van der Waals surface area contributed by atoms with Crippen molar-refractivity contribution >= 4 is 17.6 Å². The normalized spacial score (nSPS) is 10.3. The van der Waals surface area contributed by atoms with Crippen LogP contribution in [0.3, 0.4) is 0 Å². The monoisotopic (exact) mass is 290 g/mol. The highest BCUT2D eigenvalue weighted by molar-refractivity contribution is 7.98. The fourth-order valence-corrected chi connectivity index (χ4v) is 2.65. The van der Waals surface area contributed by atoms with Crippen molar-refractivity contribution in [2.45, 2.75) is 10.6 Å². The van der Waals surface area contributed by atoms with Gasteiger partial charge in [-0.3, -0.25) is 5.41 Å². The molecule has 0 unspecified atom stereocenters. The van der Waals surface area contributed by atoms with Crippen molar-refractivity contribution in [1.29, 1.82) is 5.41 Å². The fourth-order valence-electron chi connectivity index (χ4n) is 1.77. The summed E-state index contributed by atoms with van der Waals surface area (Å²) in [4.78, 5) is 0.875. The SMILES string of the molecule is COc1cc(CSc2cccc(F)c2)ccc1C(=N)N. The van der Waals surface area contributed by atoms with Gasteiger partial charge in [0.25, 0.3) is 0 Å². The first kappa shape index (κ1) is 14.4. The van der Waals surface area contributed by atoms with Crippen LogP contribution in [0.1, 0.15) is 11.1 Å². The quantitative estimate of drug-likeness (QED) is 0.504. The molecule has 0 aliphatic carbocycles. The smallest absolute Gasteiger partial charge is 0.130 e. The molecule has 0 saturated heterocycles. The Morgan fingerprint density at radius 1 is 1.30 bits per heavy atom. The van der Waals surface area contributed by atoms with Crippen LogP contribution in [0, 0.1) is 11.2 Å².